The van der Waals surface area contributed by atoms with E-state index in [1.54, 1.807) is 10.3 Å². The van der Waals surface area contributed by atoms with E-state index in [1.807, 2.05) is 53.4 Å². The minimum atomic E-state index is -0.123. The summed E-state index contributed by atoms with van der Waals surface area (Å²) < 4.78 is 5.49. The molecular formula is C23H21ClN4O3S. The Morgan fingerprint density at radius 3 is 2.53 bits per heavy atom. The first kappa shape index (κ1) is 20.8. The molecule has 0 bridgehead atoms. The fourth-order valence-corrected chi connectivity index (χ4v) is 4.98. The van der Waals surface area contributed by atoms with E-state index in [0.717, 1.165) is 16.4 Å². The number of benzene rings is 2. The minimum absolute atomic E-state index is 0.00385. The van der Waals surface area contributed by atoms with Gasteiger partial charge < -0.3 is 14.5 Å². The molecule has 0 spiro atoms. The van der Waals surface area contributed by atoms with Gasteiger partial charge in [-0.15, -0.1) is 11.3 Å². The molecule has 2 aromatic carbocycles. The molecular weight excluding hydrogens is 448 g/mol. The van der Waals surface area contributed by atoms with Crippen molar-refractivity contribution in [2.45, 2.75) is 6.54 Å². The van der Waals surface area contributed by atoms with E-state index in [0.29, 0.717) is 49.2 Å². The standard InChI is InChI=1S/C23H21ClN4O3S/c24-16-5-1-2-6-18(16)26-9-11-27(12-10-26)23(30)17-15-32-21(25-17)13-28-19-7-3-4-8-20(19)31-14-22(28)29/h1-8,15H,9-14H2. The SMILES string of the molecule is O=C(c1csc(CN2C(=O)COc3ccccc32)n1)N1CCN(c2ccccc2Cl)CC1. The Morgan fingerprint density at radius 2 is 1.75 bits per heavy atom. The van der Waals surface area contributed by atoms with Crippen LogP contribution in [0.3, 0.4) is 0 Å². The van der Waals surface area contributed by atoms with Crippen LogP contribution in [-0.2, 0) is 11.3 Å². The van der Waals surface area contributed by atoms with Gasteiger partial charge in [0.25, 0.3) is 11.8 Å². The van der Waals surface area contributed by atoms with Gasteiger partial charge in [0.2, 0.25) is 0 Å². The number of hydrogen-bond acceptors (Lipinski definition) is 6. The third-order valence-corrected chi connectivity index (χ3v) is 6.79. The summed E-state index contributed by atoms with van der Waals surface area (Å²) in [7, 11) is 0. The van der Waals surface area contributed by atoms with E-state index in [2.05, 4.69) is 9.88 Å². The second-order valence-electron chi connectivity index (χ2n) is 7.59. The van der Waals surface area contributed by atoms with Crippen molar-refractivity contribution in [1.29, 1.82) is 0 Å². The molecule has 9 heteroatoms. The Kier molecular flexibility index (Phi) is 5.71. The van der Waals surface area contributed by atoms with E-state index in [-0.39, 0.29) is 18.4 Å². The van der Waals surface area contributed by atoms with Crippen LogP contribution in [-0.4, -0.2) is 54.5 Å². The van der Waals surface area contributed by atoms with Gasteiger partial charge in [0.15, 0.2) is 6.61 Å². The van der Waals surface area contributed by atoms with Crippen LogP contribution in [0.2, 0.25) is 5.02 Å². The maximum Gasteiger partial charge on any atom is 0.273 e. The van der Waals surface area contributed by atoms with Gasteiger partial charge in [0.1, 0.15) is 16.5 Å². The Morgan fingerprint density at radius 1 is 1.03 bits per heavy atom. The number of piperazine rings is 1. The predicted octanol–water partition coefficient (Wildman–Crippen LogP) is 3.68. The second-order valence-corrected chi connectivity index (χ2v) is 8.94. The summed E-state index contributed by atoms with van der Waals surface area (Å²) in [5, 5.41) is 3.21. The zero-order valence-corrected chi connectivity index (χ0v) is 18.8. The second kappa shape index (κ2) is 8.80. The maximum absolute atomic E-state index is 13.0. The molecule has 7 nitrogen and oxygen atoms in total. The smallest absolute Gasteiger partial charge is 0.273 e. The number of ether oxygens (including phenoxy) is 1. The van der Waals surface area contributed by atoms with Crippen LogP contribution in [0.25, 0.3) is 0 Å². The molecule has 32 heavy (non-hydrogen) atoms. The number of para-hydroxylation sites is 3. The van der Waals surface area contributed by atoms with Gasteiger partial charge >= 0.3 is 0 Å². The molecule has 1 fully saturated rings. The summed E-state index contributed by atoms with van der Waals surface area (Å²) in [6.07, 6.45) is 0. The third-order valence-electron chi connectivity index (χ3n) is 5.63. The normalized spacial score (nSPS) is 16.0. The highest BCUT2D eigenvalue weighted by molar-refractivity contribution is 7.09. The average Bonchev–Trinajstić information content (AvgIpc) is 3.30. The first-order chi connectivity index (χ1) is 15.6. The van der Waals surface area contributed by atoms with Gasteiger partial charge in [-0.05, 0) is 24.3 Å². The molecule has 3 heterocycles. The van der Waals surface area contributed by atoms with Crippen LogP contribution in [0.5, 0.6) is 5.75 Å². The number of carbonyl (C=O) groups is 2. The first-order valence-corrected chi connectivity index (χ1v) is 11.6. The lowest BCUT2D eigenvalue weighted by atomic mass is 10.2. The van der Waals surface area contributed by atoms with Crippen LogP contribution in [0.15, 0.2) is 53.9 Å². The Hall–Kier alpha value is -3.10. The highest BCUT2D eigenvalue weighted by Gasteiger charge is 2.28. The van der Waals surface area contributed by atoms with Crippen LogP contribution in [0.4, 0.5) is 11.4 Å². The van der Waals surface area contributed by atoms with Gasteiger partial charge in [-0.2, -0.15) is 0 Å². The molecule has 5 rings (SSSR count). The molecule has 0 aliphatic carbocycles. The Labute approximate surface area is 194 Å². The number of anilines is 2. The van der Waals surface area contributed by atoms with E-state index >= 15 is 0 Å². The molecule has 3 aromatic rings. The number of hydrogen-bond donors (Lipinski definition) is 0. The quantitative estimate of drug-likeness (QED) is 0.584. The molecule has 0 atom stereocenters. The lowest BCUT2D eigenvalue weighted by Gasteiger charge is -2.36. The average molecular weight is 469 g/mol. The van der Waals surface area contributed by atoms with Crippen LogP contribution < -0.4 is 14.5 Å². The lowest BCUT2D eigenvalue weighted by molar-refractivity contribution is -0.121. The summed E-state index contributed by atoms with van der Waals surface area (Å²) in [5.41, 5.74) is 2.14. The molecule has 0 radical (unpaired) electrons. The molecule has 1 saturated heterocycles. The highest BCUT2D eigenvalue weighted by Crippen LogP contribution is 2.33. The number of fused-ring (bicyclic) bond motifs is 1. The maximum atomic E-state index is 13.0. The molecule has 2 amide bonds. The van der Waals surface area contributed by atoms with Crippen molar-refractivity contribution in [2.24, 2.45) is 0 Å². The molecule has 0 unspecified atom stereocenters. The van der Waals surface area contributed by atoms with Gasteiger partial charge in [0.05, 0.1) is 22.9 Å². The van der Waals surface area contributed by atoms with Crippen LogP contribution in [0.1, 0.15) is 15.5 Å². The van der Waals surface area contributed by atoms with Crippen molar-refractivity contribution >= 4 is 46.1 Å². The number of halogens is 1. The molecule has 1 aromatic heterocycles. The number of rotatable bonds is 4. The third kappa shape index (κ3) is 4.03. The van der Waals surface area contributed by atoms with Crippen molar-refractivity contribution in [3.8, 4) is 5.75 Å². The van der Waals surface area contributed by atoms with E-state index in [1.165, 1.54) is 11.3 Å². The topological polar surface area (TPSA) is 66.0 Å². The number of aromatic nitrogens is 1. The van der Waals surface area contributed by atoms with E-state index in [9.17, 15) is 9.59 Å². The van der Waals surface area contributed by atoms with E-state index < -0.39 is 0 Å². The van der Waals surface area contributed by atoms with Gasteiger partial charge in [-0.25, -0.2) is 4.98 Å². The lowest BCUT2D eigenvalue weighted by Crippen LogP contribution is -2.49. The van der Waals surface area contributed by atoms with Crippen molar-refractivity contribution < 1.29 is 14.3 Å². The summed E-state index contributed by atoms with van der Waals surface area (Å²) in [5.74, 6) is 0.471. The summed E-state index contributed by atoms with van der Waals surface area (Å²) in [4.78, 5) is 35.6. The number of nitrogens with zero attached hydrogens (tertiary/aromatic N) is 4. The Balaban J connectivity index is 1.24. The zero-order valence-electron chi connectivity index (χ0n) is 17.2. The largest absolute Gasteiger partial charge is 0.482 e. The molecule has 0 saturated carbocycles. The molecule has 164 valence electrons. The fraction of sp³-hybridized carbons (Fsp3) is 0.261. The molecule has 0 N–H and O–H groups in total. The minimum Gasteiger partial charge on any atom is -0.482 e. The van der Waals surface area contributed by atoms with E-state index in [4.69, 9.17) is 16.3 Å². The monoisotopic (exact) mass is 468 g/mol. The van der Waals surface area contributed by atoms with Crippen LogP contribution >= 0.6 is 22.9 Å². The van der Waals surface area contributed by atoms with Crippen molar-refractivity contribution in [1.82, 2.24) is 9.88 Å². The Bertz CT molecular complexity index is 1160. The van der Waals surface area contributed by atoms with Crippen LogP contribution in [0, 0.1) is 0 Å². The van der Waals surface area contributed by atoms with Gasteiger partial charge in [0, 0.05) is 31.6 Å². The predicted molar refractivity (Wildman–Crippen MR) is 125 cm³/mol. The number of carbonyl (C=O) groups excluding carboxylic acids is 2. The first-order valence-electron chi connectivity index (χ1n) is 10.4. The summed E-state index contributed by atoms with van der Waals surface area (Å²) in [6.45, 7) is 2.96. The molecule has 2 aliphatic heterocycles. The van der Waals surface area contributed by atoms with Gasteiger partial charge in [-0.1, -0.05) is 35.9 Å². The fourth-order valence-electron chi connectivity index (χ4n) is 3.96. The van der Waals surface area contributed by atoms with Crippen molar-refractivity contribution in [3.63, 3.8) is 0 Å². The van der Waals surface area contributed by atoms with Gasteiger partial charge in [-0.3, -0.25) is 14.5 Å². The number of amides is 2. The highest BCUT2D eigenvalue weighted by atomic mass is 35.5. The summed E-state index contributed by atoms with van der Waals surface area (Å²) in [6, 6.07) is 15.2. The summed E-state index contributed by atoms with van der Waals surface area (Å²) >= 11 is 7.70. The van der Waals surface area contributed by atoms with Crippen molar-refractivity contribution in [3.05, 3.63) is 69.6 Å². The van der Waals surface area contributed by atoms with Crippen molar-refractivity contribution in [2.75, 3.05) is 42.6 Å². The zero-order chi connectivity index (χ0) is 22.1. The number of thiazole rings is 1. The molecule has 2 aliphatic rings.